The van der Waals surface area contributed by atoms with Gasteiger partial charge in [-0.1, -0.05) is 19.4 Å². The molecule has 138 valence electrons. The lowest BCUT2D eigenvalue weighted by molar-refractivity contribution is 0.413. The Bertz CT molecular complexity index is 508. The van der Waals surface area contributed by atoms with Gasteiger partial charge in [-0.05, 0) is 37.6 Å². The minimum absolute atomic E-state index is 0. The van der Waals surface area contributed by atoms with Crippen molar-refractivity contribution in [2.24, 2.45) is 4.99 Å². The maximum Gasteiger partial charge on any atom is 0.191 e. The Morgan fingerprint density at radius 2 is 2.25 bits per heavy atom. The van der Waals surface area contributed by atoms with Crippen molar-refractivity contribution < 1.29 is 4.21 Å². The van der Waals surface area contributed by atoms with Gasteiger partial charge < -0.3 is 10.6 Å². The summed E-state index contributed by atoms with van der Waals surface area (Å²) in [6.07, 6.45) is 5.39. The molecule has 0 amide bonds. The molecule has 0 aliphatic heterocycles. The lowest BCUT2D eigenvalue weighted by atomic mass is 9.95. The zero-order valence-electron chi connectivity index (χ0n) is 14.6. The van der Waals surface area contributed by atoms with Crippen molar-refractivity contribution in [2.75, 3.05) is 18.8 Å². The van der Waals surface area contributed by atoms with Crippen LogP contribution in [0.2, 0.25) is 0 Å². The number of nitrogens with zero attached hydrogens (tertiary/aromatic N) is 1. The summed E-state index contributed by atoms with van der Waals surface area (Å²) in [7, 11) is -0.677. The summed E-state index contributed by atoms with van der Waals surface area (Å²) in [6.45, 7) is 5.77. The largest absolute Gasteiger partial charge is 0.357 e. The van der Waals surface area contributed by atoms with E-state index in [1.165, 1.54) is 4.88 Å². The van der Waals surface area contributed by atoms with E-state index in [1.807, 2.05) is 6.92 Å². The molecule has 7 heteroatoms. The van der Waals surface area contributed by atoms with Gasteiger partial charge in [0.05, 0.1) is 0 Å². The second kappa shape index (κ2) is 12.2. The number of guanidine groups is 1. The van der Waals surface area contributed by atoms with Crippen molar-refractivity contribution in [1.29, 1.82) is 0 Å². The summed E-state index contributed by atoms with van der Waals surface area (Å²) < 4.78 is 12.1. The molecule has 2 N–H and O–H groups in total. The van der Waals surface area contributed by atoms with Crippen LogP contribution in [-0.4, -0.2) is 40.3 Å². The zero-order chi connectivity index (χ0) is 16.5. The van der Waals surface area contributed by atoms with Crippen LogP contribution in [0.25, 0.3) is 0 Å². The predicted octanol–water partition coefficient (Wildman–Crippen LogP) is 3.54. The number of aliphatic imine (C=N–C) groups is 1. The topological polar surface area (TPSA) is 53.5 Å². The molecule has 1 saturated carbocycles. The molecule has 0 aromatic carbocycles. The summed E-state index contributed by atoms with van der Waals surface area (Å²) in [5.74, 6) is 1.67. The summed E-state index contributed by atoms with van der Waals surface area (Å²) in [6, 6.07) is 4.64. The van der Waals surface area contributed by atoms with Gasteiger partial charge in [0.15, 0.2) is 5.96 Å². The van der Waals surface area contributed by atoms with Crippen molar-refractivity contribution >= 4 is 52.1 Å². The fraction of sp³-hybridized carbons (Fsp3) is 0.706. The first-order chi connectivity index (χ1) is 11.2. The number of halogens is 1. The van der Waals surface area contributed by atoms with Crippen LogP contribution in [0, 0.1) is 0 Å². The Morgan fingerprint density at radius 1 is 1.42 bits per heavy atom. The van der Waals surface area contributed by atoms with E-state index in [0.29, 0.717) is 11.3 Å². The Morgan fingerprint density at radius 3 is 2.92 bits per heavy atom. The molecule has 0 bridgehead atoms. The molecule has 24 heavy (non-hydrogen) atoms. The minimum atomic E-state index is -0.677. The Kier molecular flexibility index (Phi) is 11.2. The van der Waals surface area contributed by atoms with Crippen LogP contribution in [0.1, 0.15) is 44.4 Å². The summed E-state index contributed by atoms with van der Waals surface area (Å²) in [4.78, 5) is 6.07. The van der Waals surface area contributed by atoms with Gasteiger partial charge in [0.25, 0.3) is 0 Å². The maximum atomic E-state index is 12.1. The van der Waals surface area contributed by atoms with Crippen LogP contribution < -0.4 is 10.6 Å². The second-order valence-electron chi connectivity index (χ2n) is 5.89. The maximum absolute atomic E-state index is 12.1. The third-order valence-electron chi connectivity index (χ3n) is 4.18. The molecule has 1 fully saturated rings. The molecule has 1 heterocycles. The Hall–Kier alpha value is -0.150. The molecule has 3 atom stereocenters. The second-order valence-corrected chi connectivity index (χ2v) is 8.93. The Labute approximate surface area is 169 Å². The molecular weight excluding hydrogens is 453 g/mol. The van der Waals surface area contributed by atoms with Crippen molar-refractivity contribution in [1.82, 2.24) is 10.6 Å². The number of rotatable bonds is 7. The van der Waals surface area contributed by atoms with Crippen molar-refractivity contribution in [3.05, 3.63) is 22.4 Å². The highest BCUT2D eigenvalue weighted by atomic mass is 127. The zero-order valence-corrected chi connectivity index (χ0v) is 18.6. The van der Waals surface area contributed by atoms with E-state index in [4.69, 9.17) is 4.99 Å². The molecule has 4 nitrogen and oxygen atoms in total. The normalized spacial score (nSPS) is 22.5. The van der Waals surface area contributed by atoms with Gasteiger partial charge in [0.1, 0.15) is 0 Å². The molecule has 0 saturated heterocycles. The first-order valence-corrected chi connectivity index (χ1v) is 10.9. The smallest absolute Gasteiger partial charge is 0.191 e. The van der Waals surface area contributed by atoms with Crippen LogP contribution in [0.4, 0.5) is 0 Å². The van der Waals surface area contributed by atoms with Crippen LogP contribution in [0.15, 0.2) is 22.5 Å². The van der Waals surface area contributed by atoms with Gasteiger partial charge in [-0.15, -0.1) is 35.3 Å². The minimum Gasteiger partial charge on any atom is -0.357 e. The fourth-order valence-corrected chi connectivity index (χ4v) is 5.04. The molecule has 0 radical (unpaired) electrons. The van der Waals surface area contributed by atoms with Crippen LogP contribution >= 0.6 is 35.3 Å². The monoisotopic (exact) mass is 483 g/mol. The lowest BCUT2D eigenvalue weighted by Gasteiger charge is -2.30. The standard InChI is InChI=1S/C17H29N3OS2.HI/c1-3-18-17(19-11-10-15-8-6-12-22-15)20-14-7-5-9-16(13-14)23(21)4-2;/h6,8,12,14,16H,3-5,7,9-11,13H2,1-2H3,(H2,18,19,20);1H. The van der Waals surface area contributed by atoms with Gasteiger partial charge >= 0.3 is 0 Å². The molecule has 2 rings (SSSR count). The highest BCUT2D eigenvalue weighted by Crippen LogP contribution is 2.23. The number of nitrogens with one attached hydrogen (secondary N) is 2. The number of hydrogen-bond acceptors (Lipinski definition) is 3. The quantitative estimate of drug-likeness (QED) is 0.355. The molecule has 3 unspecified atom stereocenters. The average Bonchev–Trinajstić information content (AvgIpc) is 3.08. The Balaban J connectivity index is 0.00000288. The van der Waals surface area contributed by atoms with Crippen molar-refractivity contribution in [3.63, 3.8) is 0 Å². The third kappa shape index (κ3) is 7.39. The number of hydrogen-bond donors (Lipinski definition) is 2. The van der Waals surface area contributed by atoms with Gasteiger partial charge in [-0.2, -0.15) is 0 Å². The summed E-state index contributed by atoms with van der Waals surface area (Å²) in [5, 5.41) is 9.35. The van der Waals surface area contributed by atoms with Crippen LogP contribution in [0.3, 0.4) is 0 Å². The van der Waals surface area contributed by atoms with E-state index in [2.05, 4.69) is 35.1 Å². The van der Waals surface area contributed by atoms with Crippen molar-refractivity contribution in [2.45, 2.75) is 57.2 Å². The van der Waals surface area contributed by atoms with Gasteiger partial charge in [-0.3, -0.25) is 9.20 Å². The molecule has 1 aromatic rings. The highest BCUT2D eigenvalue weighted by Gasteiger charge is 2.25. The molecule has 1 aromatic heterocycles. The lowest BCUT2D eigenvalue weighted by Crippen LogP contribution is -2.46. The first-order valence-electron chi connectivity index (χ1n) is 8.67. The van der Waals surface area contributed by atoms with E-state index < -0.39 is 10.8 Å². The number of thiophene rings is 1. The highest BCUT2D eigenvalue weighted by molar-refractivity contribution is 14.0. The van der Waals surface area contributed by atoms with Gasteiger partial charge in [0.2, 0.25) is 0 Å². The summed E-state index contributed by atoms with van der Waals surface area (Å²) in [5.41, 5.74) is 0. The fourth-order valence-electron chi connectivity index (χ4n) is 3.00. The SMILES string of the molecule is CCNC(=NCCc1cccs1)NC1CCCC(S(=O)CC)C1.I. The first kappa shape index (κ1) is 21.9. The molecule has 1 aliphatic rings. The van der Waals surface area contributed by atoms with E-state index in [0.717, 1.165) is 56.9 Å². The van der Waals surface area contributed by atoms with E-state index in [1.54, 1.807) is 11.3 Å². The average molecular weight is 483 g/mol. The molecule has 1 aliphatic carbocycles. The van der Waals surface area contributed by atoms with E-state index >= 15 is 0 Å². The summed E-state index contributed by atoms with van der Waals surface area (Å²) >= 11 is 1.79. The van der Waals surface area contributed by atoms with Gasteiger partial charge in [-0.25, -0.2) is 0 Å². The van der Waals surface area contributed by atoms with Crippen LogP contribution in [0.5, 0.6) is 0 Å². The third-order valence-corrected chi connectivity index (χ3v) is 6.85. The van der Waals surface area contributed by atoms with E-state index in [-0.39, 0.29) is 24.0 Å². The van der Waals surface area contributed by atoms with Crippen molar-refractivity contribution in [3.8, 4) is 0 Å². The van der Waals surface area contributed by atoms with Crippen LogP contribution in [-0.2, 0) is 17.2 Å². The predicted molar refractivity (Wildman–Crippen MR) is 117 cm³/mol. The molecular formula is C17H30IN3OS2. The van der Waals surface area contributed by atoms with E-state index in [9.17, 15) is 4.21 Å². The van der Waals surface area contributed by atoms with Gasteiger partial charge in [0, 0.05) is 52.2 Å². The molecule has 0 spiro atoms.